The Kier molecular flexibility index (Phi) is 3.98. The number of pyridine rings is 1. The molecule has 0 radical (unpaired) electrons. The molecule has 0 spiro atoms. The third-order valence-corrected chi connectivity index (χ3v) is 6.26. The van der Waals surface area contributed by atoms with Crippen molar-refractivity contribution in [3.63, 3.8) is 0 Å². The molecule has 6 nitrogen and oxygen atoms in total. The second kappa shape index (κ2) is 5.54. The van der Waals surface area contributed by atoms with Crippen LogP contribution in [0.15, 0.2) is 23.4 Å². The van der Waals surface area contributed by atoms with Crippen LogP contribution in [0.4, 0.5) is 8.78 Å². The molecule has 116 valence electrons. The van der Waals surface area contributed by atoms with Crippen LogP contribution in [-0.4, -0.2) is 42.5 Å². The van der Waals surface area contributed by atoms with Gasteiger partial charge in [0, 0.05) is 0 Å². The fraction of sp³-hybridized carbons (Fsp3) is 0.100. The topological polar surface area (TPSA) is 77.2 Å². The van der Waals surface area contributed by atoms with E-state index in [0.29, 0.717) is 10.3 Å². The zero-order valence-electron chi connectivity index (χ0n) is 10.2. The van der Waals surface area contributed by atoms with Gasteiger partial charge in [0.05, 0.1) is 0 Å². The van der Waals surface area contributed by atoms with E-state index in [1.807, 2.05) is 0 Å². The van der Waals surface area contributed by atoms with E-state index >= 15 is 0 Å². The van der Waals surface area contributed by atoms with Gasteiger partial charge in [0.25, 0.3) is 0 Å². The molecular formula is C10H4Cl2F2N4O2SSe. The van der Waals surface area contributed by atoms with Crippen molar-refractivity contribution < 1.29 is 17.2 Å². The normalized spacial score (nSPS) is 12.4. The van der Waals surface area contributed by atoms with Crippen LogP contribution >= 0.6 is 22.3 Å². The summed E-state index contributed by atoms with van der Waals surface area (Å²) in [6, 6.07) is 1.17. The molecule has 12 heteroatoms. The molecule has 3 heterocycles. The van der Waals surface area contributed by atoms with Gasteiger partial charge in [-0.3, -0.25) is 0 Å². The Bertz CT molecular complexity index is 973. The van der Waals surface area contributed by atoms with Crippen molar-refractivity contribution in [2.75, 3.05) is 0 Å². The number of fused-ring (bicyclic) bond motifs is 1. The Hall–Kier alpha value is -1.06. The summed E-state index contributed by atoms with van der Waals surface area (Å²) < 4.78 is 49.5. The Morgan fingerprint density at radius 3 is 2.64 bits per heavy atom. The fourth-order valence-electron chi connectivity index (χ4n) is 1.74. The maximum absolute atomic E-state index is 12.6. The fourth-order valence-corrected chi connectivity index (χ4v) is 4.29. The van der Waals surface area contributed by atoms with Crippen LogP contribution in [-0.2, 0) is 9.05 Å². The third-order valence-electron chi connectivity index (χ3n) is 2.66. The first-order valence-corrected chi connectivity index (χ1v) is 9.90. The van der Waals surface area contributed by atoms with Gasteiger partial charge in [-0.2, -0.15) is 0 Å². The van der Waals surface area contributed by atoms with Crippen LogP contribution < -0.4 is 0 Å². The summed E-state index contributed by atoms with van der Waals surface area (Å²) >= 11 is 5.21. The minimum absolute atomic E-state index is 0.0640. The molecule has 0 unspecified atom stereocenters. The van der Waals surface area contributed by atoms with E-state index in [9.17, 15) is 17.2 Å². The second-order valence-corrected chi connectivity index (χ2v) is 9.14. The van der Waals surface area contributed by atoms with Crippen molar-refractivity contribution in [1.29, 1.82) is 0 Å². The van der Waals surface area contributed by atoms with E-state index in [0.717, 1.165) is 0 Å². The average molecular weight is 432 g/mol. The summed E-state index contributed by atoms with van der Waals surface area (Å²) in [4.78, 5) is 3.81. The molecule has 3 rings (SSSR count). The van der Waals surface area contributed by atoms with Crippen molar-refractivity contribution in [1.82, 2.24) is 19.6 Å². The van der Waals surface area contributed by atoms with Gasteiger partial charge in [0.1, 0.15) is 0 Å². The summed E-state index contributed by atoms with van der Waals surface area (Å²) in [6.07, 6.45) is -0.0934. The summed E-state index contributed by atoms with van der Waals surface area (Å²) in [5, 5.41) is 7.22. The maximum atomic E-state index is 12.6. The monoisotopic (exact) mass is 432 g/mol. The van der Waals surface area contributed by atoms with Gasteiger partial charge in [-0.1, -0.05) is 0 Å². The number of rotatable bonds is 3. The Morgan fingerprint density at radius 1 is 1.32 bits per heavy atom. The van der Waals surface area contributed by atoms with Gasteiger partial charge in [-0.05, 0) is 0 Å². The molecule has 22 heavy (non-hydrogen) atoms. The van der Waals surface area contributed by atoms with Gasteiger partial charge < -0.3 is 0 Å². The van der Waals surface area contributed by atoms with E-state index in [1.54, 1.807) is 0 Å². The Morgan fingerprint density at radius 2 is 2.05 bits per heavy atom. The zero-order valence-corrected chi connectivity index (χ0v) is 14.3. The molecule has 0 atom stereocenters. The molecule has 0 amide bonds. The van der Waals surface area contributed by atoms with Crippen LogP contribution in [0.25, 0.3) is 15.9 Å². The average Bonchev–Trinajstić information content (AvgIpc) is 3.03. The van der Waals surface area contributed by atoms with Gasteiger partial charge in [-0.25, -0.2) is 0 Å². The van der Waals surface area contributed by atoms with Crippen LogP contribution in [0.5, 0.6) is 0 Å². The van der Waals surface area contributed by atoms with E-state index in [4.69, 9.17) is 22.3 Å². The molecule has 0 N–H and O–H groups in total. The number of aromatic nitrogens is 4. The SMILES string of the molecule is O=S(=O)(Cl)c1cc(Cl)c2ncc(-c3nnc(C(F)F)[se]3)n2c1. The van der Waals surface area contributed by atoms with Crippen molar-refractivity contribution >= 4 is 51.5 Å². The van der Waals surface area contributed by atoms with Crippen molar-refractivity contribution in [3.05, 3.63) is 28.1 Å². The van der Waals surface area contributed by atoms with E-state index in [1.165, 1.54) is 22.9 Å². The predicted octanol–water partition coefficient (Wildman–Crippen LogP) is 2.37. The number of halogens is 4. The summed E-state index contributed by atoms with van der Waals surface area (Å²) in [5.74, 6) is 0. The molecule has 0 saturated heterocycles. The first kappa shape index (κ1) is 15.8. The van der Waals surface area contributed by atoms with Crippen LogP contribution in [0.1, 0.15) is 11.0 Å². The summed E-state index contributed by atoms with van der Waals surface area (Å²) in [6.45, 7) is 0. The molecule has 3 aromatic rings. The molecule has 0 aliphatic rings. The number of hydrogen-bond donors (Lipinski definition) is 0. The van der Waals surface area contributed by atoms with Gasteiger partial charge in [-0.15, -0.1) is 0 Å². The molecule has 0 saturated carbocycles. The first-order valence-electron chi connectivity index (χ1n) is 5.50. The van der Waals surface area contributed by atoms with Gasteiger partial charge in [0.15, 0.2) is 0 Å². The van der Waals surface area contributed by atoms with E-state index < -0.39 is 30.0 Å². The number of alkyl halides is 2. The third kappa shape index (κ3) is 2.77. The molecule has 3 aromatic heterocycles. The Balaban J connectivity index is 2.24. The molecule has 0 aliphatic heterocycles. The molecule has 0 fully saturated rings. The van der Waals surface area contributed by atoms with Gasteiger partial charge in [0.2, 0.25) is 0 Å². The van der Waals surface area contributed by atoms with E-state index in [2.05, 4.69) is 15.2 Å². The molecule has 0 aliphatic carbocycles. The predicted molar refractivity (Wildman–Crippen MR) is 76.2 cm³/mol. The van der Waals surface area contributed by atoms with Crippen LogP contribution in [0.3, 0.4) is 0 Å². The van der Waals surface area contributed by atoms with Crippen molar-refractivity contribution in [2.24, 2.45) is 0 Å². The van der Waals surface area contributed by atoms with Crippen molar-refractivity contribution in [3.8, 4) is 10.3 Å². The number of hydrogen-bond acceptors (Lipinski definition) is 5. The Labute approximate surface area is 137 Å². The van der Waals surface area contributed by atoms with Crippen molar-refractivity contribution in [2.45, 2.75) is 11.3 Å². The second-order valence-electron chi connectivity index (χ2n) is 4.04. The molecule has 0 aromatic carbocycles. The van der Waals surface area contributed by atoms with Crippen LogP contribution in [0.2, 0.25) is 5.02 Å². The quantitative estimate of drug-likeness (QED) is 0.470. The standard InChI is InChI=1S/C10H4Cl2F2N4O2SSe/c11-5-1-4(21(12,19)20)3-18-6(2-15-8(5)18)9-16-17-10(22-9)7(13)14/h1-3,7H. The summed E-state index contributed by atoms with van der Waals surface area (Å²) in [7, 11) is 1.30. The molecule has 0 bridgehead atoms. The molecular weight excluding hydrogens is 428 g/mol. The van der Waals surface area contributed by atoms with Crippen LogP contribution in [0, 0.1) is 0 Å². The number of nitrogens with zero attached hydrogens (tertiary/aromatic N) is 4. The minimum atomic E-state index is -4.00. The summed E-state index contributed by atoms with van der Waals surface area (Å²) in [5.41, 5.74) is 0.614. The van der Waals surface area contributed by atoms with Gasteiger partial charge >= 0.3 is 138 Å². The first-order chi connectivity index (χ1) is 10.3. The zero-order chi connectivity index (χ0) is 16.1. The number of imidazole rings is 1. The van der Waals surface area contributed by atoms with E-state index in [-0.39, 0.29) is 20.1 Å².